The predicted octanol–water partition coefficient (Wildman–Crippen LogP) is 2.48. The molecule has 19 heavy (non-hydrogen) atoms. The number of halogens is 1. The molecule has 0 saturated carbocycles. The third-order valence-corrected chi connectivity index (χ3v) is 4.00. The molecule has 1 amide bonds. The second kappa shape index (κ2) is 5.13. The summed E-state index contributed by atoms with van der Waals surface area (Å²) in [6.45, 7) is 0.626. The molecule has 1 unspecified atom stereocenters. The van der Waals surface area contributed by atoms with E-state index in [1.807, 2.05) is 30.3 Å². The van der Waals surface area contributed by atoms with Crippen LogP contribution in [0.25, 0.3) is 11.5 Å². The van der Waals surface area contributed by atoms with Gasteiger partial charge in [-0.2, -0.15) is 0 Å². The van der Waals surface area contributed by atoms with Gasteiger partial charge in [0, 0.05) is 23.9 Å². The SMILES string of the molecule is O=C1CC(CBr)CN1c1nnc(-c2ccccc2)o1. The van der Waals surface area contributed by atoms with Crippen LogP contribution in [0.3, 0.4) is 0 Å². The van der Waals surface area contributed by atoms with Crippen molar-refractivity contribution in [1.29, 1.82) is 0 Å². The van der Waals surface area contributed by atoms with Crippen molar-refractivity contribution in [2.45, 2.75) is 6.42 Å². The van der Waals surface area contributed by atoms with E-state index in [9.17, 15) is 4.79 Å². The van der Waals surface area contributed by atoms with Gasteiger partial charge in [-0.15, -0.1) is 5.10 Å². The number of alkyl halides is 1. The first kappa shape index (κ1) is 12.3. The molecular formula is C13H12BrN3O2. The molecule has 1 atom stereocenters. The Bertz CT molecular complexity index is 585. The van der Waals surface area contributed by atoms with Crippen LogP contribution < -0.4 is 4.90 Å². The summed E-state index contributed by atoms with van der Waals surface area (Å²) >= 11 is 3.40. The highest BCUT2D eigenvalue weighted by Gasteiger charge is 2.33. The highest BCUT2D eigenvalue weighted by atomic mass is 79.9. The van der Waals surface area contributed by atoms with E-state index < -0.39 is 0 Å². The molecule has 2 aromatic rings. The minimum atomic E-state index is 0.0349. The molecule has 0 spiro atoms. The number of amides is 1. The van der Waals surface area contributed by atoms with Crippen molar-refractivity contribution in [3.05, 3.63) is 30.3 Å². The minimum absolute atomic E-state index is 0.0349. The summed E-state index contributed by atoms with van der Waals surface area (Å²) in [5.74, 6) is 0.776. The fraction of sp³-hybridized carbons (Fsp3) is 0.308. The van der Waals surface area contributed by atoms with Gasteiger partial charge < -0.3 is 4.42 Å². The van der Waals surface area contributed by atoms with Crippen molar-refractivity contribution in [2.75, 3.05) is 16.8 Å². The van der Waals surface area contributed by atoms with E-state index in [0.717, 1.165) is 10.9 Å². The van der Waals surface area contributed by atoms with Gasteiger partial charge in [-0.3, -0.25) is 9.69 Å². The van der Waals surface area contributed by atoms with Gasteiger partial charge in [0.15, 0.2) is 0 Å². The van der Waals surface area contributed by atoms with E-state index in [1.54, 1.807) is 4.90 Å². The topological polar surface area (TPSA) is 59.2 Å². The van der Waals surface area contributed by atoms with Crippen molar-refractivity contribution in [1.82, 2.24) is 10.2 Å². The average Bonchev–Trinajstić information content (AvgIpc) is 3.06. The molecule has 3 rings (SSSR count). The number of benzene rings is 1. The number of aromatic nitrogens is 2. The third-order valence-electron chi connectivity index (χ3n) is 3.09. The number of hydrogen-bond acceptors (Lipinski definition) is 4. The summed E-state index contributed by atoms with van der Waals surface area (Å²) in [6, 6.07) is 9.80. The fourth-order valence-corrected chi connectivity index (χ4v) is 2.53. The first-order chi connectivity index (χ1) is 9.28. The second-order valence-corrected chi connectivity index (χ2v) is 5.13. The first-order valence-corrected chi connectivity index (χ1v) is 7.15. The quantitative estimate of drug-likeness (QED) is 0.815. The zero-order chi connectivity index (χ0) is 13.2. The Hall–Kier alpha value is -1.69. The predicted molar refractivity (Wildman–Crippen MR) is 74.0 cm³/mol. The Kier molecular flexibility index (Phi) is 3.33. The lowest BCUT2D eigenvalue weighted by atomic mass is 10.2. The van der Waals surface area contributed by atoms with Crippen molar-refractivity contribution in [2.24, 2.45) is 5.92 Å². The lowest BCUT2D eigenvalue weighted by Gasteiger charge is -2.09. The van der Waals surface area contributed by atoms with Crippen LogP contribution in [-0.4, -0.2) is 28.0 Å². The molecule has 0 aliphatic carbocycles. The fourth-order valence-electron chi connectivity index (χ4n) is 2.09. The monoisotopic (exact) mass is 321 g/mol. The average molecular weight is 322 g/mol. The smallest absolute Gasteiger partial charge is 0.325 e. The van der Waals surface area contributed by atoms with Gasteiger partial charge in [0.1, 0.15) is 0 Å². The number of carbonyl (C=O) groups excluding carboxylic acids is 1. The van der Waals surface area contributed by atoms with Crippen molar-refractivity contribution < 1.29 is 9.21 Å². The molecule has 2 heterocycles. The van der Waals surface area contributed by atoms with Crippen molar-refractivity contribution >= 4 is 27.9 Å². The van der Waals surface area contributed by atoms with E-state index >= 15 is 0 Å². The van der Waals surface area contributed by atoms with Gasteiger partial charge in [-0.05, 0) is 18.1 Å². The molecule has 98 valence electrons. The molecule has 5 nitrogen and oxygen atoms in total. The lowest BCUT2D eigenvalue weighted by Crippen LogP contribution is -2.24. The Balaban J connectivity index is 1.84. The number of hydrogen-bond donors (Lipinski definition) is 0. The summed E-state index contributed by atoms with van der Waals surface area (Å²) < 4.78 is 5.58. The molecule has 6 heteroatoms. The summed E-state index contributed by atoms with van der Waals surface area (Å²) in [5.41, 5.74) is 0.852. The standard InChI is InChI=1S/C13H12BrN3O2/c14-7-9-6-11(18)17(8-9)13-16-15-12(19-13)10-4-2-1-3-5-10/h1-5,9H,6-8H2. The van der Waals surface area contributed by atoms with Gasteiger partial charge in [0.25, 0.3) is 0 Å². The molecule has 0 bridgehead atoms. The van der Waals surface area contributed by atoms with Gasteiger partial charge in [0.2, 0.25) is 11.8 Å². The molecule has 1 saturated heterocycles. The summed E-state index contributed by atoms with van der Waals surface area (Å²) in [5, 5.41) is 8.76. The van der Waals surface area contributed by atoms with Crippen molar-refractivity contribution in [3.8, 4) is 11.5 Å². The summed E-state index contributed by atoms with van der Waals surface area (Å²) in [4.78, 5) is 13.4. The van der Waals surface area contributed by atoms with E-state index in [-0.39, 0.29) is 11.9 Å². The van der Waals surface area contributed by atoms with E-state index in [0.29, 0.717) is 24.8 Å². The Morgan fingerprint density at radius 2 is 2.11 bits per heavy atom. The largest absolute Gasteiger partial charge is 0.403 e. The summed E-state index contributed by atoms with van der Waals surface area (Å²) in [7, 11) is 0. The van der Waals surface area contributed by atoms with E-state index in [2.05, 4.69) is 26.1 Å². The molecule has 0 radical (unpaired) electrons. The Morgan fingerprint density at radius 3 is 2.79 bits per heavy atom. The number of anilines is 1. The Morgan fingerprint density at radius 1 is 1.32 bits per heavy atom. The van der Waals surface area contributed by atoms with Crippen LogP contribution in [0.5, 0.6) is 0 Å². The number of nitrogens with zero attached hydrogens (tertiary/aromatic N) is 3. The van der Waals surface area contributed by atoms with Gasteiger partial charge >= 0.3 is 6.01 Å². The molecule has 1 fully saturated rings. The van der Waals surface area contributed by atoms with Crippen LogP contribution in [0.15, 0.2) is 34.7 Å². The van der Waals surface area contributed by atoms with Crippen molar-refractivity contribution in [3.63, 3.8) is 0 Å². The van der Waals surface area contributed by atoms with Crippen LogP contribution in [0, 0.1) is 5.92 Å². The third kappa shape index (κ3) is 2.40. The maximum atomic E-state index is 11.9. The number of rotatable bonds is 3. The maximum absolute atomic E-state index is 11.9. The van der Waals surface area contributed by atoms with Crippen LogP contribution in [-0.2, 0) is 4.79 Å². The zero-order valence-electron chi connectivity index (χ0n) is 10.1. The van der Waals surface area contributed by atoms with Crippen LogP contribution in [0.1, 0.15) is 6.42 Å². The van der Waals surface area contributed by atoms with Crippen LogP contribution >= 0.6 is 15.9 Å². The van der Waals surface area contributed by atoms with Crippen LogP contribution in [0.4, 0.5) is 6.01 Å². The lowest BCUT2D eigenvalue weighted by molar-refractivity contribution is -0.117. The highest BCUT2D eigenvalue weighted by Crippen LogP contribution is 2.27. The number of carbonyl (C=O) groups is 1. The van der Waals surface area contributed by atoms with E-state index in [4.69, 9.17) is 4.42 Å². The van der Waals surface area contributed by atoms with Gasteiger partial charge in [0.05, 0.1) is 0 Å². The van der Waals surface area contributed by atoms with Crippen LogP contribution in [0.2, 0.25) is 0 Å². The zero-order valence-corrected chi connectivity index (χ0v) is 11.7. The second-order valence-electron chi connectivity index (χ2n) is 4.48. The molecule has 1 aliphatic rings. The first-order valence-electron chi connectivity index (χ1n) is 6.03. The Labute approximate surface area is 118 Å². The molecule has 1 aromatic carbocycles. The van der Waals surface area contributed by atoms with E-state index in [1.165, 1.54) is 0 Å². The van der Waals surface area contributed by atoms with Gasteiger partial charge in [-0.1, -0.05) is 39.2 Å². The molecular weight excluding hydrogens is 310 g/mol. The summed E-state index contributed by atoms with van der Waals surface area (Å²) in [6.07, 6.45) is 0.522. The molecule has 1 aliphatic heterocycles. The molecule has 1 aromatic heterocycles. The normalized spacial score (nSPS) is 19.1. The minimum Gasteiger partial charge on any atom is -0.403 e. The van der Waals surface area contributed by atoms with Gasteiger partial charge in [-0.25, -0.2) is 0 Å². The maximum Gasteiger partial charge on any atom is 0.325 e. The molecule has 0 N–H and O–H groups in total. The highest BCUT2D eigenvalue weighted by molar-refractivity contribution is 9.09.